The largest absolute Gasteiger partial charge is 0.476 e. The Morgan fingerprint density at radius 1 is 1.19 bits per heavy atom. The fourth-order valence-corrected chi connectivity index (χ4v) is 2.21. The number of aromatic nitrogens is 2. The van der Waals surface area contributed by atoms with Gasteiger partial charge < -0.3 is 15.0 Å². The van der Waals surface area contributed by atoms with Gasteiger partial charge in [-0.3, -0.25) is 0 Å². The van der Waals surface area contributed by atoms with E-state index in [-0.39, 0.29) is 0 Å². The van der Waals surface area contributed by atoms with Crippen molar-refractivity contribution in [1.82, 2.24) is 14.9 Å². The number of anilines is 1. The van der Waals surface area contributed by atoms with Crippen molar-refractivity contribution >= 4 is 5.82 Å². The van der Waals surface area contributed by atoms with Crippen molar-refractivity contribution in [3.05, 3.63) is 11.9 Å². The van der Waals surface area contributed by atoms with Crippen molar-refractivity contribution in [2.45, 2.75) is 47.0 Å². The van der Waals surface area contributed by atoms with Crippen LogP contribution in [0.5, 0.6) is 5.88 Å². The van der Waals surface area contributed by atoms with Gasteiger partial charge in [0.2, 0.25) is 5.88 Å². The summed E-state index contributed by atoms with van der Waals surface area (Å²) in [5.74, 6) is 1.94. The molecule has 5 nitrogen and oxygen atoms in total. The highest BCUT2D eigenvalue weighted by atomic mass is 16.5. The SMILES string of the molecule is CCCNc1ncnc(OCCN(CC)CC)c1C(C)C. The zero-order valence-corrected chi connectivity index (χ0v) is 14.1. The second kappa shape index (κ2) is 9.55. The Morgan fingerprint density at radius 2 is 1.90 bits per heavy atom. The Bertz CT molecular complexity index is 405. The average molecular weight is 294 g/mol. The number of nitrogens with one attached hydrogen (secondary N) is 1. The molecule has 0 saturated heterocycles. The highest BCUT2D eigenvalue weighted by Gasteiger charge is 2.16. The van der Waals surface area contributed by atoms with Gasteiger partial charge in [0.05, 0.1) is 5.56 Å². The molecule has 0 fully saturated rings. The van der Waals surface area contributed by atoms with Gasteiger partial charge in [-0.05, 0) is 25.4 Å². The Morgan fingerprint density at radius 3 is 2.48 bits per heavy atom. The molecule has 1 rings (SSSR count). The molecule has 0 atom stereocenters. The molecular weight excluding hydrogens is 264 g/mol. The van der Waals surface area contributed by atoms with Gasteiger partial charge in [-0.25, -0.2) is 9.97 Å². The molecule has 0 aliphatic heterocycles. The van der Waals surface area contributed by atoms with Crippen molar-refractivity contribution in [2.24, 2.45) is 0 Å². The smallest absolute Gasteiger partial charge is 0.222 e. The molecule has 1 aromatic rings. The second-order valence-corrected chi connectivity index (χ2v) is 5.40. The van der Waals surface area contributed by atoms with Crippen LogP contribution in [0.3, 0.4) is 0 Å². The van der Waals surface area contributed by atoms with Crippen molar-refractivity contribution in [3.63, 3.8) is 0 Å². The standard InChI is InChI=1S/C16H30N4O/c1-6-9-17-15-14(13(4)5)16(19-12-18-15)21-11-10-20(7-2)8-3/h12-13H,6-11H2,1-5H3,(H,17,18,19). The molecular formula is C16H30N4O. The molecule has 1 heterocycles. The van der Waals surface area contributed by atoms with Gasteiger partial charge in [-0.2, -0.15) is 0 Å². The number of nitrogens with zero attached hydrogens (tertiary/aromatic N) is 3. The zero-order valence-electron chi connectivity index (χ0n) is 14.1. The van der Waals surface area contributed by atoms with E-state index in [1.807, 2.05) is 0 Å². The highest BCUT2D eigenvalue weighted by molar-refractivity contribution is 5.50. The van der Waals surface area contributed by atoms with Crippen molar-refractivity contribution in [1.29, 1.82) is 0 Å². The number of likely N-dealkylation sites (N-methyl/N-ethyl adjacent to an activating group) is 1. The molecule has 0 aromatic carbocycles. The van der Waals surface area contributed by atoms with Gasteiger partial charge >= 0.3 is 0 Å². The van der Waals surface area contributed by atoms with E-state index in [2.05, 4.69) is 54.8 Å². The second-order valence-electron chi connectivity index (χ2n) is 5.40. The van der Waals surface area contributed by atoms with E-state index < -0.39 is 0 Å². The fourth-order valence-electron chi connectivity index (χ4n) is 2.21. The van der Waals surface area contributed by atoms with E-state index >= 15 is 0 Å². The van der Waals surface area contributed by atoms with E-state index in [1.54, 1.807) is 6.33 Å². The number of ether oxygens (including phenoxy) is 1. The zero-order chi connectivity index (χ0) is 15.7. The molecule has 1 aromatic heterocycles. The van der Waals surface area contributed by atoms with Crippen LogP contribution in [-0.4, -0.2) is 47.7 Å². The first-order valence-corrected chi connectivity index (χ1v) is 8.07. The Balaban J connectivity index is 2.76. The van der Waals surface area contributed by atoms with Crippen LogP contribution < -0.4 is 10.1 Å². The molecule has 0 spiro atoms. The Labute approximate surface area is 129 Å². The molecule has 0 aliphatic rings. The van der Waals surface area contributed by atoms with Gasteiger partial charge in [0.15, 0.2) is 0 Å². The third-order valence-corrected chi connectivity index (χ3v) is 3.51. The first-order valence-electron chi connectivity index (χ1n) is 8.07. The third kappa shape index (κ3) is 5.50. The summed E-state index contributed by atoms with van der Waals surface area (Å²) in [5.41, 5.74) is 1.07. The van der Waals surface area contributed by atoms with Crippen LogP contribution in [0.15, 0.2) is 6.33 Å². The molecule has 21 heavy (non-hydrogen) atoms. The van der Waals surface area contributed by atoms with E-state index in [4.69, 9.17) is 4.74 Å². The monoisotopic (exact) mass is 294 g/mol. The lowest BCUT2D eigenvalue weighted by molar-refractivity contribution is 0.216. The molecule has 0 saturated carbocycles. The lowest BCUT2D eigenvalue weighted by Gasteiger charge is -2.20. The lowest BCUT2D eigenvalue weighted by atomic mass is 10.1. The van der Waals surface area contributed by atoms with Crippen LogP contribution in [0, 0.1) is 0 Å². The van der Waals surface area contributed by atoms with Crippen molar-refractivity contribution < 1.29 is 4.74 Å². The number of rotatable bonds is 10. The van der Waals surface area contributed by atoms with Gasteiger partial charge in [0.25, 0.3) is 0 Å². The normalized spacial score (nSPS) is 11.2. The summed E-state index contributed by atoms with van der Waals surface area (Å²) < 4.78 is 5.92. The van der Waals surface area contributed by atoms with Crippen LogP contribution in [0.2, 0.25) is 0 Å². The summed E-state index contributed by atoms with van der Waals surface area (Å²) >= 11 is 0. The van der Waals surface area contributed by atoms with Crippen LogP contribution in [0.4, 0.5) is 5.82 Å². The van der Waals surface area contributed by atoms with E-state index in [0.29, 0.717) is 18.4 Å². The average Bonchev–Trinajstić information content (AvgIpc) is 2.49. The van der Waals surface area contributed by atoms with Gasteiger partial charge in [-0.15, -0.1) is 0 Å². The van der Waals surface area contributed by atoms with Crippen LogP contribution in [0.25, 0.3) is 0 Å². The maximum atomic E-state index is 5.92. The van der Waals surface area contributed by atoms with Gasteiger partial charge in [0.1, 0.15) is 18.8 Å². The summed E-state index contributed by atoms with van der Waals surface area (Å²) in [5, 5.41) is 3.36. The maximum Gasteiger partial charge on any atom is 0.222 e. The Hall–Kier alpha value is -1.36. The summed E-state index contributed by atoms with van der Waals surface area (Å²) in [6.45, 7) is 15.4. The quantitative estimate of drug-likeness (QED) is 0.718. The molecule has 0 radical (unpaired) electrons. The minimum absolute atomic E-state index is 0.328. The third-order valence-electron chi connectivity index (χ3n) is 3.51. The summed E-state index contributed by atoms with van der Waals surface area (Å²) in [4.78, 5) is 11.0. The lowest BCUT2D eigenvalue weighted by Crippen LogP contribution is -2.28. The minimum Gasteiger partial charge on any atom is -0.476 e. The summed E-state index contributed by atoms with van der Waals surface area (Å²) in [6.07, 6.45) is 2.65. The molecule has 0 unspecified atom stereocenters. The maximum absolute atomic E-state index is 5.92. The molecule has 5 heteroatoms. The topological polar surface area (TPSA) is 50.3 Å². The number of hydrogen-bond donors (Lipinski definition) is 1. The Kier molecular flexibility index (Phi) is 8.05. The molecule has 1 N–H and O–H groups in total. The molecule has 0 aliphatic carbocycles. The van der Waals surface area contributed by atoms with E-state index in [0.717, 1.165) is 44.0 Å². The predicted molar refractivity (Wildman–Crippen MR) is 88.2 cm³/mol. The van der Waals surface area contributed by atoms with Crippen molar-refractivity contribution in [3.8, 4) is 5.88 Å². The van der Waals surface area contributed by atoms with Gasteiger partial charge in [0, 0.05) is 13.1 Å². The first-order chi connectivity index (χ1) is 10.1. The molecule has 120 valence electrons. The molecule has 0 bridgehead atoms. The summed E-state index contributed by atoms with van der Waals surface area (Å²) in [7, 11) is 0. The molecule has 0 amide bonds. The van der Waals surface area contributed by atoms with Gasteiger partial charge in [-0.1, -0.05) is 34.6 Å². The van der Waals surface area contributed by atoms with Crippen molar-refractivity contribution in [2.75, 3.05) is 38.1 Å². The van der Waals surface area contributed by atoms with Crippen LogP contribution in [-0.2, 0) is 0 Å². The summed E-state index contributed by atoms with van der Waals surface area (Å²) in [6, 6.07) is 0. The predicted octanol–water partition coefficient (Wildman–Crippen LogP) is 3.14. The first kappa shape index (κ1) is 17.7. The number of hydrogen-bond acceptors (Lipinski definition) is 5. The minimum atomic E-state index is 0.328. The van der Waals surface area contributed by atoms with E-state index in [1.165, 1.54) is 0 Å². The highest BCUT2D eigenvalue weighted by Crippen LogP contribution is 2.29. The van der Waals surface area contributed by atoms with Crippen LogP contribution in [0.1, 0.15) is 52.5 Å². The van der Waals surface area contributed by atoms with E-state index in [9.17, 15) is 0 Å². The van der Waals surface area contributed by atoms with Crippen LogP contribution >= 0.6 is 0 Å². The fraction of sp³-hybridized carbons (Fsp3) is 0.750.